The van der Waals surface area contributed by atoms with Crippen molar-refractivity contribution in [1.82, 2.24) is 0 Å². The Morgan fingerprint density at radius 3 is 2.37 bits per heavy atom. The predicted octanol–water partition coefficient (Wildman–Crippen LogP) is 4.27. The first kappa shape index (κ1) is 13.3. The van der Waals surface area contributed by atoms with Crippen molar-refractivity contribution in [3.63, 3.8) is 0 Å². The van der Waals surface area contributed by atoms with E-state index < -0.39 is 0 Å². The lowest BCUT2D eigenvalue weighted by atomic mass is 10.1. The summed E-state index contributed by atoms with van der Waals surface area (Å²) in [5, 5.41) is 0. The number of benzene rings is 2. The Balaban J connectivity index is 2.02. The highest BCUT2D eigenvalue weighted by molar-refractivity contribution is 5.79. The Labute approximate surface area is 114 Å². The van der Waals surface area contributed by atoms with Crippen LogP contribution in [-0.4, -0.2) is 12.8 Å². The zero-order valence-corrected chi connectivity index (χ0v) is 11.4. The summed E-state index contributed by atoms with van der Waals surface area (Å²) in [5.74, 6) is 0.899. The number of hydrogen-bond donors (Lipinski definition) is 0. The van der Waals surface area contributed by atoms with Gasteiger partial charge in [-0.25, -0.2) is 0 Å². The van der Waals surface area contributed by atoms with Crippen LogP contribution in [0, 0.1) is 0 Å². The lowest BCUT2D eigenvalue weighted by Gasteiger charge is -2.06. The smallest absolute Gasteiger partial charge is 0.119 e. The van der Waals surface area contributed by atoms with Crippen LogP contribution >= 0.6 is 0 Å². The molecule has 0 bridgehead atoms. The van der Waals surface area contributed by atoms with Gasteiger partial charge in [0.15, 0.2) is 0 Å². The first-order valence-corrected chi connectivity index (χ1v) is 6.60. The molecule has 0 radical (unpaired) electrons. The van der Waals surface area contributed by atoms with Gasteiger partial charge in [0, 0.05) is 6.21 Å². The van der Waals surface area contributed by atoms with Gasteiger partial charge in [0.05, 0.1) is 12.6 Å². The van der Waals surface area contributed by atoms with Crippen LogP contribution in [0.25, 0.3) is 0 Å². The number of ether oxygens (including phenoxy) is 1. The minimum absolute atomic E-state index is 0.174. The summed E-state index contributed by atoms with van der Waals surface area (Å²) in [6.07, 6.45) is 1.91. The Hall–Kier alpha value is -2.09. The molecule has 98 valence electrons. The normalized spacial score (nSPS) is 12.5. The summed E-state index contributed by atoms with van der Waals surface area (Å²) < 4.78 is 5.41. The lowest BCUT2D eigenvalue weighted by Crippen LogP contribution is -1.92. The second kappa shape index (κ2) is 6.74. The molecule has 0 saturated carbocycles. The van der Waals surface area contributed by atoms with E-state index in [2.05, 4.69) is 24.0 Å². The summed E-state index contributed by atoms with van der Waals surface area (Å²) in [7, 11) is 0. The molecule has 2 rings (SSSR count). The van der Waals surface area contributed by atoms with Crippen LogP contribution in [0.3, 0.4) is 0 Å². The summed E-state index contributed by atoms with van der Waals surface area (Å²) in [4.78, 5) is 4.57. The third-order valence-corrected chi connectivity index (χ3v) is 2.92. The zero-order valence-electron chi connectivity index (χ0n) is 11.4. The average molecular weight is 253 g/mol. The fourth-order valence-electron chi connectivity index (χ4n) is 1.83. The lowest BCUT2D eigenvalue weighted by molar-refractivity contribution is 0.340. The van der Waals surface area contributed by atoms with Gasteiger partial charge in [0.1, 0.15) is 5.75 Å². The van der Waals surface area contributed by atoms with E-state index in [0.717, 1.165) is 11.3 Å². The van der Waals surface area contributed by atoms with Crippen molar-refractivity contribution in [3.05, 3.63) is 65.7 Å². The van der Waals surface area contributed by atoms with Gasteiger partial charge in [-0.2, -0.15) is 0 Å². The largest absolute Gasteiger partial charge is 0.494 e. The molecule has 0 aliphatic rings. The fraction of sp³-hybridized carbons (Fsp3) is 0.235. The maximum absolute atomic E-state index is 5.41. The molecule has 0 fully saturated rings. The number of aliphatic imine (C=N–C) groups is 1. The first-order valence-electron chi connectivity index (χ1n) is 6.60. The molecule has 2 aromatic rings. The van der Waals surface area contributed by atoms with Gasteiger partial charge in [-0.15, -0.1) is 0 Å². The van der Waals surface area contributed by atoms with Crippen LogP contribution in [-0.2, 0) is 0 Å². The highest BCUT2D eigenvalue weighted by Gasteiger charge is 2.00. The van der Waals surface area contributed by atoms with Crippen molar-refractivity contribution < 1.29 is 4.74 Å². The van der Waals surface area contributed by atoms with Crippen LogP contribution in [0.4, 0.5) is 0 Å². The Kier molecular flexibility index (Phi) is 4.73. The van der Waals surface area contributed by atoms with E-state index in [1.165, 1.54) is 5.56 Å². The Morgan fingerprint density at radius 1 is 1.05 bits per heavy atom. The van der Waals surface area contributed by atoms with Crippen molar-refractivity contribution in [2.45, 2.75) is 19.9 Å². The summed E-state index contributed by atoms with van der Waals surface area (Å²) in [6, 6.07) is 18.4. The van der Waals surface area contributed by atoms with E-state index >= 15 is 0 Å². The van der Waals surface area contributed by atoms with Gasteiger partial charge < -0.3 is 4.74 Å². The van der Waals surface area contributed by atoms with Gasteiger partial charge in [-0.05, 0) is 49.2 Å². The van der Waals surface area contributed by atoms with Gasteiger partial charge in [-0.1, -0.05) is 30.3 Å². The third-order valence-electron chi connectivity index (χ3n) is 2.92. The highest BCUT2D eigenvalue weighted by Crippen LogP contribution is 2.16. The number of hydrogen-bond acceptors (Lipinski definition) is 2. The number of rotatable bonds is 5. The average Bonchev–Trinajstić information content (AvgIpc) is 2.47. The molecule has 19 heavy (non-hydrogen) atoms. The van der Waals surface area contributed by atoms with Crippen LogP contribution < -0.4 is 4.74 Å². The SMILES string of the molecule is CCOc1ccc(C=N[C@@H](C)c2ccccc2)cc1. The van der Waals surface area contributed by atoms with E-state index in [1.807, 2.05) is 55.6 Å². The zero-order chi connectivity index (χ0) is 13.5. The molecule has 0 aliphatic carbocycles. The summed E-state index contributed by atoms with van der Waals surface area (Å²) in [5.41, 5.74) is 2.32. The van der Waals surface area contributed by atoms with Crippen molar-refractivity contribution >= 4 is 6.21 Å². The molecule has 0 spiro atoms. The van der Waals surface area contributed by atoms with Crippen molar-refractivity contribution in [3.8, 4) is 5.75 Å². The molecule has 0 saturated heterocycles. The molecule has 2 nitrogen and oxygen atoms in total. The molecule has 0 unspecified atom stereocenters. The highest BCUT2D eigenvalue weighted by atomic mass is 16.5. The standard InChI is InChI=1S/C17H19NO/c1-3-19-17-11-9-15(10-12-17)13-18-14(2)16-7-5-4-6-8-16/h4-14H,3H2,1-2H3/t14-/m0/s1. The number of nitrogens with zero attached hydrogens (tertiary/aromatic N) is 1. The monoisotopic (exact) mass is 253 g/mol. The predicted molar refractivity (Wildman–Crippen MR) is 80.1 cm³/mol. The van der Waals surface area contributed by atoms with Gasteiger partial charge in [0.2, 0.25) is 0 Å². The van der Waals surface area contributed by atoms with Gasteiger partial charge in [0.25, 0.3) is 0 Å². The van der Waals surface area contributed by atoms with Crippen LogP contribution in [0.15, 0.2) is 59.6 Å². The summed E-state index contributed by atoms with van der Waals surface area (Å²) in [6.45, 7) is 4.77. The topological polar surface area (TPSA) is 21.6 Å². The van der Waals surface area contributed by atoms with E-state index in [4.69, 9.17) is 4.74 Å². The van der Waals surface area contributed by atoms with Crippen molar-refractivity contribution in [2.75, 3.05) is 6.61 Å². The van der Waals surface area contributed by atoms with Crippen molar-refractivity contribution in [1.29, 1.82) is 0 Å². The van der Waals surface area contributed by atoms with Gasteiger partial charge >= 0.3 is 0 Å². The second-order valence-electron chi connectivity index (χ2n) is 4.37. The molecule has 0 aliphatic heterocycles. The van der Waals surface area contributed by atoms with E-state index in [1.54, 1.807) is 0 Å². The minimum atomic E-state index is 0.174. The molecular weight excluding hydrogens is 234 g/mol. The molecule has 0 heterocycles. The van der Waals surface area contributed by atoms with Crippen LogP contribution in [0.2, 0.25) is 0 Å². The first-order chi connectivity index (χ1) is 9.29. The second-order valence-corrected chi connectivity index (χ2v) is 4.37. The van der Waals surface area contributed by atoms with Crippen LogP contribution in [0.1, 0.15) is 31.0 Å². The summed E-state index contributed by atoms with van der Waals surface area (Å²) >= 11 is 0. The molecule has 2 heteroatoms. The Bertz CT molecular complexity index is 517. The van der Waals surface area contributed by atoms with Gasteiger partial charge in [-0.3, -0.25) is 4.99 Å². The van der Waals surface area contributed by atoms with E-state index in [-0.39, 0.29) is 6.04 Å². The molecule has 0 amide bonds. The molecule has 1 atom stereocenters. The maximum atomic E-state index is 5.41. The minimum Gasteiger partial charge on any atom is -0.494 e. The third kappa shape index (κ3) is 3.95. The quantitative estimate of drug-likeness (QED) is 0.729. The van der Waals surface area contributed by atoms with E-state index in [9.17, 15) is 0 Å². The Morgan fingerprint density at radius 2 is 1.74 bits per heavy atom. The molecule has 2 aromatic carbocycles. The maximum Gasteiger partial charge on any atom is 0.119 e. The van der Waals surface area contributed by atoms with Crippen molar-refractivity contribution in [2.24, 2.45) is 4.99 Å². The fourth-order valence-corrected chi connectivity index (χ4v) is 1.83. The molecule has 0 N–H and O–H groups in total. The van der Waals surface area contributed by atoms with E-state index in [0.29, 0.717) is 6.61 Å². The molecular formula is C17H19NO. The molecule has 0 aromatic heterocycles. The van der Waals surface area contributed by atoms with Crippen LogP contribution in [0.5, 0.6) is 5.75 Å².